The van der Waals surface area contributed by atoms with Crippen LogP contribution < -0.4 is 15.1 Å². The van der Waals surface area contributed by atoms with Crippen LogP contribution in [0.15, 0.2) is 83.1 Å². The zero-order valence-electron chi connectivity index (χ0n) is 21.7. The number of H-pyrrole nitrogens is 1. The Morgan fingerprint density at radius 2 is 1.74 bits per heavy atom. The molecule has 38 heavy (non-hydrogen) atoms. The third-order valence-electron chi connectivity index (χ3n) is 5.89. The minimum absolute atomic E-state index is 0.00130. The largest absolute Gasteiger partial charge is 0.545 e. The van der Waals surface area contributed by atoms with E-state index in [0.717, 1.165) is 22.6 Å². The standard InChI is InChI=1S/C29H29N5O3S/c1-19-9-15-23(16-10-19)34-26(20-11-13-22(14-12-20)29(2,3)4)32-33-28(34)38-18-25(35)31-30-17-21-7-5-6-8-24(21)27(36)37/h5-17H,18H2,1-4H3,(H2,31,35,36,37). The van der Waals surface area contributed by atoms with Gasteiger partial charge in [-0.05, 0) is 53.9 Å². The number of nitrogens with zero attached hydrogens (tertiary/aromatic N) is 3. The van der Waals surface area contributed by atoms with Crippen molar-refractivity contribution in [3.05, 3.63) is 95.1 Å². The lowest BCUT2D eigenvalue weighted by atomic mass is 9.87. The summed E-state index contributed by atoms with van der Waals surface area (Å²) < 4.78 is 1.99. The highest BCUT2D eigenvalue weighted by molar-refractivity contribution is 7.99. The maximum absolute atomic E-state index is 12.5. The summed E-state index contributed by atoms with van der Waals surface area (Å²) in [6.07, 6.45) is 1.29. The van der Waals surface area contributed by atoms with Gasteiger partial charge in [0.25, 0.3) is 11.7 Å². The maximum Gasteiger partial charge on any atom is 0.342 e. The number of carboxylic acid groups (broad SMARTS) is 1. The summed E-state index contributed by atoms with van der Waals surface area (Å²) >= 11 is 1.26. The molecular formula is C29H29N5O3S. The molecule has 0 unspecified atom stereocenters. The Morgan fingerprint density at radius 3 is 2.39 bits per heavy atom. The number of aromatic carboxylic acids is 1. The van der Waals surface area contributed by atoms with Crippen LogP contribution in [0.3, 0.4) is 0 Å². The molecule has 0 saturated carbocycles. The van der Waals surface area contributed by atoms with Gasteiger partial charge < -0.3 is 9.90 Å². The second kappa shape index (κ2) is 11.4. The van der Waals surface area contributed by atoms with Crippen molar-refractivity contribution in [3.8, 4) is 17.1 Å². The third-order valence-corrected chi connectivity index (χ3v) is 6.83. The lowest BCUT2D eigenvalue weighted by molar-refractivity contribution is -0.625. The fourth-order valence-electron chi connectivity index (χ4n) is 3.78. The number of hydrogen-bond donors (Lipinski definition) is 2. The molecule has 8 nitrogen and oxygen atoms in total. The smallest absolute Gasteiger partial charge is 0.342 e. The van der Waals surface area contributed by atoms with E-state index in [0.29, 0.717) is 10.7 Å². The number of amides is 1. The van der Waals surface area contributed by atoms with Gasteiger partial charge in [-0.25, -0.2) is 5.43 Å². The zero-order chi connectivity index (χ0) is 27.3. The molecule has 0 spiro atoms. The number of benzene rings is 3. The number of aromatic amines is 1. The van der Waals surface area contributed by atoms with Gasteiger partial charge in [0.2, 0.25) is 0 Å². The van der Waals surface area contributed by atoms with Crippen LogP contribution in [0.4, 0.5) is 0 Å². The number of aromatic nitrogens is 3. The van der Waals surface area contributed by atoms with Crippen LogP contribution in [0.1, 0.15) is 47.8 Å². The lowest BCUT2D eigenvalue weighted by Gasteiger charge is -2.18. The van der Waals surface area contributed by atoms with E-state index in [1.165, 1.54) is 29.6 Å². The lowest BCUT2D eigenvalue weighted by Crippen LogP contribution is -2.34. The first-order valence-corrected chi connectivity index (χ1v) is 13.1. The Morgan fingerprint density at radius 1 is 1.05 bits per heavy atom. The quantitative estimate of drug-likeness (QED) is 0.157. The van der Waals surface area contributed by atoms with E-state index in [1.54, 1.807) is 18.2 Å². The van der Waals surface area contributed by atoms with Gasteiger partial charge in [-0.2, -0.15) is 9.67 Å². The van der Waals surface area contributed by atoms with Crippen molar-refractivity contribution in [1.82, 2.24) is 15.6 Å². The molecule has 0 aliphatic heterocycles. The molecule has 0 aliphatic rings. The SMILES string of the molecule is Cc1ccc(-[n+]2c(SCC(=O)NN=Cc3ccccc3C(=O)[O-])n[nH]c2-c2ccc(C(C)(C)C)cc2)cc1. The number of carboxylic acids is 1. The van der Waals surface area contributed by atoms with Gasteiger partial charge in [-0.15, -0.1) is 5.10 Å². The van der Waals surface area contributed by atoms with Gasteiger partial charge >= 0.3 is 5.16 Å². The molecule has 0 fully saturated rings. The van der Waals surface area contributed by atoms with Gasteiger partial charge in [0, 0.05) is 11.1 Å². The molecule has 4 aromatic rings. The monoisotopic (exact) mass is 527 g/mol. The first kappa shape index (κ1) is 26.8. The molecule has 1 aromatic heterocycles. The molecular weight excluding hydrogens is 498 g/mol. The molecule has 1 heterocycles. The normalized spacial score (nSPS) is 11.6. The Labute approximate surface area is 225 Å². The highest BCUT2D eigenvalue weighted by Gasteiger charge is 2.25. The second-order valence-corrected chi connectivity index (χ2v) is 10.8. The van der Waals surface area contributed by atoms with Crippen LogP contribution >= 0.6 is 11.8 Å². The number of rotatable bonds is 8. The molecule has 9 heteroatoms. The molecule has 0 saturated heterocycles. The topological polar surface area (TPSA) is 114 Å². The number of thioether (sulfide) groups is 1. The number of carbonyl (C=O) groups excluding carboxylic acids is 2. The third kappa shape index (κ3) is 6.36. The number of aryl methyl sites for hydroxylation is 1. The molecule has 0 atom stereocenters. The van der Waals surface area contributed by atoms with Crippen molar-refractivity contribution in [3.63, 3.8) is 0 Å². The Kier molecular flexibility index (Phi) is 8.07. The molecule has 0 radical (unpaired) electrons. The number of nitrogens with one attached hydrogen (secondary N) is 2. The van der Waals surface area contributed by atoms with E-state index in [9.17, 15) is 14.7 Å². The van der Waals surface area contributed by atoms with E-state index in [2.05, 4.69) is 65.8 Å². The van der Waals surface area contributed by atoms with Crippen molar-refractivity contribution >= 4 is 29.9 Å². The Balaban J connectivity index is 1.54. The zero-order valence-corrected chi connectivity index (χ0v) is 22.5. The van der Waals surface area contributed by atoms with Crippen LogP contribution in [-0.2, 0) is 10.2 Å². The van der Waals surface area contributed by atoms with Crippen LogP contribution in [-0.4, -0.2) is 34.0 Å². The van der Waals surface area contributed by atoms with E-state index in [1.807, 2.05) is 35.8 Å². The van der Waals surface area contributed by atoms with Gasteiger partial charge in [-0.1, -0.05) is 74.9 Å². The predicted octanol–water partition coefficient (Wildman–Crippen LogP) is 3.57. The highest BCUT2D eigenvalue weighted by atomic mass is 32.2. The van der Waals surface area contributed by atoms with Gasteiger partial charge in [-0.3, -0.25) is 4.79 Å². The summed E-state index contributed by atoms with van der Waals surface area (Å²) in [7, 11) is 0. The van der Waals surface area contributed by atoms with E-state index >= 15 is 0 Å². The summed E-state index contributed by atoms with van der Waals surface area (Å²) in [5.41, 5.74) is 7.08. The van der Waals surface area contributed by atoms with Crippen LogP contribution in [0.5, 0.6) is 0 Å². The molecule has 1 amide bonds. The first-order valence-electron chi connectivity index (χ1n) is 12.1. The average molecular weight is 528 g/mol. The minimum atomic E-state index is -1.31. The number of carbonyl (C=O) groups is 2. The van der Waals surface area contributed by atoms with Crippen LogP contribution in [0.2, 0.25) is 0 Å². The molecule has 0 aliphatic carbocycles. The van der Waals surface area contributed by atoms with Crippen molar-refractivity contribution < 1.29 is 19.3 Å². The Bertz CT molecular complexity index is 1470. The first-order chi connectivity index (χ1) is 18.1. The highest BCUT2D eigenvalue weighted by Crippen LogP contribution is 2.26. The minimum Gasteiger partial charge on any atom is -0.545 e. The van der Waals surface area contributed by atoms with E-state index in [-0.39, 0.29) is 22.6 Å². The number of hydrogen-bond acceptors (Lipinski definition) is 6. The fourth-order valence-corrected chi connectivity index (χ4v) is 4.54. The summed E-state index contributed by atoms with van der Waals surface area (Å²) in [4.78, 5) is 23.7. The average Bonchev–Trinajstić information content (AvgIpc) is 3.31. The van der Waals surface area contributed by atoms with Crippen molar-refractivity contribution in [2.45, 2.75) is 38.3 Å². The summed E-state index contributed by atoms with van der Waals surface area (Å²) in [5, 5.41) is 23.4. The predicted molar refractivity (Wildman–Crippen MR) is 146 cm³/mol. The van der Waals surface area contributed by atoms with Gasteiger partial charge in [0.15, 0.2) is 0 Å². The molecule has 4 rings (SSSR count). The molecule has 2 N–H and O–H groups in total. The van der Waals surface area contributed by atoms with Gasteiger partial charge in [0.1, 0.15) is 5.69 Å². The second-order valence-electron chi connectivity index (χ2n) is 9.81. The van der Waals surface area contributed by atoms with E-state index < -0.39 is 5.97 Å². The van der Waals surface area contributed by atoms with Crippen LogP contribution in [0, 0.1) is 6.92 Å². The summed E-state index contributed by atoms with van der Waals surface area (Å²) in [6, 6.07) is 22.7. The number of hydrazone groups is 1. The Hall–Kier alpha value is -4.24. The van der Waals surface area contributed by atoms with Crippen molar-refractivity contribution in [2.75, 3.05) is 5.75 Å². The van der Waals surface area contributed by atoms with Gasteiger partial charge in [0.05, 0.1) is 28.6 Å². The molecule has 0 bridgehead atoms. The van der Waals surface area contributed by atoms with Crippen molar-refractivity contribution in [2.24, 2.45) is 5.10 Å². The molecule has 194 valence electrons. The molecule has 3 aromatic carbocycles. The summed E-state index contributed by atoms with van der Waals surface area (Å²) in [6.45, 7) is 8.56. The van der Waals surface area contributed by atoms with E-state index in [4.69, 9.17) is 0 Å². The van der Waals surface area contributed by atoms with Crippen molar-refractivity contribution in [1.29, 1.82) is 0 Å². The maximum atomic E-state index is 12.5. The summed E-state index contributed by atoms with van der Waals surface area (Å²) in [5.74, 6) is -0.809. The van der Waals surface area contributed by atoms with Crippen LogP contribution in [0.25, 0.3) is 17.1 Å². The fraction of sp³-hybridized carbons (Fsp3) is 0.207.